The Bertz CT molecular complexity index is 451. The summed E-state index contributed by atoms with van der Waals surface area (Å²) in [5, 5.41) is 1.18. The van der Waals surface area contributed by atoms with Crippen molar-refractivity contribution in [3.63, 3.8) is 0 Å². The number of aryl methyl sites for hydroxylation is 1. The Morgan fingerprint density at radius 2 is 2.10 bits per heavy atom. The van der Waals surface area contributed by atoms with E-state index in [1.54, 1.807) is 0 Å². The lowest BCUT2D eigenvalue weighted by Crippen LogP contribution is -2.43. The number of nitrogens with zero attached hydrogens (tertiary/aromatic N) is 3. The number of hydrogen-bond acceptors (Lipinski definition) is 5. The largest absolute Gasteiger partial charge is 0.348 e. The van der Waals surface area contributed by atoms with Gasteiger partial charge < -0.3 is 15.5 Å². The van der Waals surface area contributed by atoms with E-state index in [0.717, 1.165) is 6.42 Å². The zero-order valence-corrected chi connectivity index (χ0v) is 13.5. The maximum absolute atomic E-state index is 6.19. The summed E-state index contributed by atoms with van der Waals surface area (Å²) in [7, 11) is 2.21. The third-order valence-electron chi connectivity index (χ3n) is 4.84. The molecule has 2 heterocycles. The van der Waals surface area contributed by atoms with Crippen molar-refractivity contribution in [2.45, 2.75) is 51.1 Å². The van der Waals surface area contributed by atoms with Gasteiger partial charge in [0.2, 0.25) is 0 Å². The van der Waals surface area contributed by atoms with Gasteiger partial charge in [0, 0.05) is 37.1 Å². The lowest BCUT2D eigenvalue weighted by Gasteiger charge is -2.36. The highest BCUT2D eigenvalue weighted by atomic mass is 32.1. The van der Waals surface area contributed by atoms with Crippen LogP contribution in [0.4, 0.5) is 5.13 Å². The minimum Gasteiger partial charge on any atom is -0.348 e. The number of aromatic nitrogens is 1. The maximum Gasteiger partial charge on any atom is 0.185 e. The molecule has 1 aromatic heterocycles. The van der Waals surface area contributed by atoms with E-state index in [4.69, 9.17) is 10.7 Å². The van der Waals surface area contributed by atoms with Crippen molar-refractivity contribution in [1.29, 1.82) is 0 Å². The molecule has 3 rings (SSSR count). The lowest BCUT2D eigenvalue weighted by molar-refractivity contribution is 0.221. The Hall–Kier alpha value is -0.650. The van der Waals surface area contributed by atoms with Crippen molar-refractivity contribution in [2.24, 2.45) is 5.73 Å². The van der Waals surface area contributed by atoms with Crippen molar-refractivity contribution in [3.8, 4) is 0 Å². The Balaban J connectivity index is 1.70. The zero-order chi connectivity index (χ0) is 14.1. The van der Waals surface area contributed by atoms with Crippen molar-refractivity contribution < 1.29 is 0 Å². The molecule has 1 aromatic rings. The topological polar surface area (TPSA) is 45.4 Å². The highest BCUT2D eigenvalue weighted by molar-refractivity contribution is 7.15. The van der Waals surface area contributed by atoms with Crippen LogP contribution in [0.1, 0.15) is 49.2 Å². The van der Waals surface area contributed by atoms with Crippen LogP contribution in [0, 0.1) is 0 Å². The van der Waals surface area contributed by atoms with Crippen LogP contribution in [0.3, 0.4) is 0 Å². The van der Waals surface area contributed by atoms with Gasteiger partial charge in [0.1, 0.15) is 0 Å². The Morgan fingerprint density at radius 3 is 2.75 bits per heavy atom. The highest BCUT2D eigenvalue weighted by Gasteiger charge is 2.27. The standard InChI is InChI=1S/C15H26N4S/c1-3-19-9-7-11(8-10-19)18(2)15-17-14-12(16)5-4-6-13(14)20-15/h11-12H,3-10,16H2,1-2H3. The summed E-state index contributed by atoms with van der Waals surface area (Å²) in [6, 6.07) is 0.806. The summed E-state index contributed by atoms with van der Waals surface area (Å²) < 4.78 is 0. The van der Waals surface area contributed by atoms with Crippen molar-refractivity contribution in [1.82, 2.24) is 9.88 Å². The molecule has 0 bridgehead atoms. The van der Waals surface area contributed by atoms with E-state index in [-0.39, 0.29) is 6.04 Å². The van der Waals surface area contributed by atoms with Gasteiger partial charge in [-0.1, -0.05) is 6.92 Å². The molecule has 112 valence electrons. The van der Waals surface area contributed by atoms with Gasteiger partial charge in [-0.05, 0) is 38.6 Å². The smallest absolute Gasteiger partial charge is 0.185 e. The molecule has 2 aliphatic rings. The summed E-state index contributed by atoms with van der Waals surface area (Å²) in [5.74, 6) is 0. The minimum atomic E-state index is 0.166. The quantitative estimate of drug-likeness (QED) is 0.930. The molecule has 1 aliphatic heterocycles. The van der Waals surface area contributed by atoms with Gasteiger partial charge in [0.15, 0.2) is 5.13 Å². The number of fused-ring (bicyclic) bond motifs is 1. The average Bonchev–Trinajstić information content (AvgIpc) is 2.92. The van der Waals surface area contributed by atoms with Crippen molar-refractivity contribution in [2.75, 3.05) is 31.6 Å². The summed E-state index contributed by atoms with van der Waals surface area (Å²) >= 11 is 1.87. The molecule has 1 saturated heterocycles. The molecule has 5 heteroatoms. The number of anilines is 1. The molecule has 1 aliphatic carbocycles. The van der Waals surface area contributed by atoms with Gasteiger partial charge in [-0.3, -0.25) is 0 Å². The van der Waals surface area contributed by atoms with E-state index in [2.05, 4.69) is 23.8 Å². The molecule has 1 unspecified atom stereocenters. The van der Waals surface area contributed by atoms with E-state index in [0.29, 0.717) is 6.04 Å². The van der Waals surface area contributed by atoms with Gasteiger partial charge in [0.05, 0.1) is 5.69 Å². The first-order valence-corrected chi connectivity index (χ1v) is 8.71. The normalized spacial score (nSPS) is 24.6. The van der Waals surface area contributed by atoms with Crippen LogP contribution in [0.5, 0.6) is 0 Å². The predicted octanol–water partition coefficient (Wildman–Crippen LogP) is 2.40. The van der Waals surface area contributed by atoms with Crippen LogP contribution in [0.25, 0.3) is 0 Å². The second-order valence-electron chi connectivity index (χ2n) is 6.08. The summed E-state index contributed by atoms with van der Waals surface area (Å²) in [5.41, 5.74) is 7.37. The average molecular weight is 294 g/mol. The molecule has 0 spiro atoms. The van der Waals surface area contributed by atoms with Gasteiger partial charge in [0.25, 0.3) is 0 Å². The molecule has 1 atom stereocenters. The number of piperidine rings is 1. The third-order valence-corrected chi connectivity index (χ3v) is 6.06. The van der Waals surface area contributed by atoms with Crippen LogP contribution in [0.2, 0.25) is 0 Å². The van der Waals surface area contributed by atoms with Gasteiger partial charge in [-0.15, -0.1) is 11.3 Å². The van der Waals surface area contributed by atoms with E-state index in [1.165, 1.54) is 61.0 Å². The Morgan fingerprint density at radius 1 is 1.35 bits per heavy atom. The molecule has 0 saturated carbocycles. The predicted molar refractivity (Wildman–Crippen MR) is 85.5 cm³/mol. The number of nitrogens with two attached hydrogens (primary N) is 1. The first kappa shape index (κ1) is 14.3. The third kappa shape index (κ3) is 2.71. The molecule has 0 amide bonds. The van der Waals surface area contributed by atoms with E-state index in [1.807, 2.05) is 11.3 Å². The minimum absolute atomic E-state index is 0.166. The molecule has 1 fully saturated rings. The SMILES string of the molecule is CCN1CCC(N(C)c2nc3c(s2)CCCC3N)CC1. The molecular formula is C15H26N4S. The summed E-state index contributed by atoms with van der Waals surface area (Å²) in [4.78, 5) is 11.2. The number of rotatable bonds is 3. The summed E-state index contributed by atoms with van der Waals surface area (Å²) in [6.45, 7) is 5.86. The van der Waals surface area contributed by atoms with Crippen LogP contribution < -0.4 is 10.6 Å². The fourth-order valence-corrected chi connectivity index (χ4v) is 4.57. The Labute approximate surface area is 126 Å². The molecular weight excluding hydrogens is 268 g/mol. The first-order chi connectivity index (χ1) is 9.69. The molecule has 0 aromatic carbocycles. The number of thiazole rings is 1. The monoisotopic (exact) mass is 294 g/mol. The van der Waals surface area contributed by atoms with Crippen LogP contribution in [0.15, 0.2) is 0 Å². The van der Waals surface area contributed by atoms with E-state index in [9.17, 15) is 0 Å². The fourth-order valence-electron chi connectivity index (χ4n) is 3.37. The molecule has 2 N–H and O–H groups in total. The number of likely N-dealkylation sites (tertiary alicyclic amines) is 1. The fraction of sp³-hybridized carbons (Fsp3) is 0.800. The highest BCUT2D eigenvalue weighted by Crippen LogP contribution is 2.36. The van der Waals surface area contributed by atoms with E-state index < -0.39 is 0 Å². The molecule has 20 heavy (non-hydrogen) atoms. The van der Waals surface area contributed by atoms with Crippen LogP contribution in [-0.4, -0.2) is 42.6 Å². The second-order valence-corrected chi connectivity index (χ2v) is 7.14. The van der Waals surface area contributed by atoms with E-state index >= 15 is 0 Å². The molecule has 0 radical (unpaired) electrons. The maximum atomic E-state index is 6.19. The van der Waals surface area contributed by atoms with Gasteiger partial charge in [-0.25, -0.2) is 4.98 Å². The first-order valence-electron chi connectivity index (χ1n) is 7.89. The molecule has 4 nitrogen and oxygen atoms in total. The summed E-state index contributed by atoms with van der Waals surface area (Å²) in [6.07, 6.45) is 5.98. The van der Waals surface area contributed by atoms with Gasteiger partial charge in [-0.2, -0.15) is 0 Å². The van der Waals surface area contributed by atoms with Crippen LogP contribution >= 0.6 is 11.3 Å². The van der Waals surface area contributed by atoms with Crippen molar-refractivity contribution in [3.05, 3.63) is 10.6 Å². The zero-order valence-electron chi connectivity index (χ0n) is 12.6. The van der Waals surface area contributed by atoms with Crippen LogP contribution in [-0.2, 0) is 6.42 Å². The number of hydrogen-bond donors (Lipinski definition) is 1. The Kier molecular flexibility index (Phi) is 4.29. The van der Waals surface area contributed by atoms with Gasteiger partial charge >= 0.3 is 0 Å². The lowest BCUT2D eigenvalue weighted by atomic mass is 9.99. The second kappa shape index (κ2) is 6.00. The van der Waals surface area contributed by atoms with Crippen molar-refractivity contribution >= 4 is 16.5 Å².